The lowest BCUT2D eigenvalue weighted by Gasteiger charge is -2.10. The van der Waals surface area contributed by atoms with Gasteiger partial charge in [-0.25, -0.2) is 0 Å². The highest BCUT2D eigenvalue weighted by Gasteiger charge is 2.10. The first-order valence-electron chi connectivity index (χ1n) is 7.02. The Balaban J connectivity index is 2.18. The van der Waals surface area contributed by atoms with Gasteiger partial charge < -0.3 is 9.52 Å². The van der Waals surface area contributed by atoms with Crippen molar-refractivity contribution in [3.8, 4) is 16.9 Å². The fourth-order valence-electron chi connectivity index (χ4n) is 2.70. The number of benzene rings is 2. The maximum Gasteiger partial charge on any atom is 0.134 e. The van der Waals surface area contributed by atoms with Gasteiger partial charge in [0.2, 0.25) is 0 Å². The lowest BCUT2D eigenvalue weighted by molar-refractivity contribution is 0.473. The Morgan fingerprint density at radius 3 is 2.71 bits per heavy atom. The van der Waals surface area contributed by atoms with E-state index in [1.54, 1.807) is 0 Å². The molecule has 0 aliphatic rings. The number of hydrogen-bond acceptors (Lipinski definition) is 2. The molecule has 0 spiro atoms. The summed E-state index contributed by atoms with van der Waals surface area (Å²) in [5, 5.41) is 11.4. The zero-order chi connectivity index (χ0) is 15.0. The topological polar surface area (TPSA) is 33.4 Å². The summed E-state index contributed by atoms with van der Waals surface area (Å²) in [6.45, 7) is 7.64. The summed E-state index contributed by atoms with van der Waals surface area (Å²) in [6.07, 6.45) is 2.67. The Hall–Kier alpha value is -2.48. The van der Waals surface area contributed by atoms with Crippen molar-refractivity contribution in [2.24, 2.45) is 0 Å². The molecule has 3 aromatic rings. The lowest BCUT2D eigenvalue weighted by atomic mass is 9.97. The summed E-state index contributed by atoms with van der Waals surface area (Å²) in [4.78, 5) is 0. The van der Waals surface area contributed by atoms with Crippen molar-refractivity contribution in [2.75, 3.05) is 0 Å². The van der Waals surface area contributed by atoms with E-state index in [1.807, 2.05) is 50.3 Å². The second-order valence-electron chi connectivity index (χ2n) is 5.41. The summed E-state index contributed by atoms with van der Waals surface area (Å²) in [5.41, 5.74) is 4.75. The van der Waals surface area contributed by atoms with Gasteiger partial charge in [-0.3, -0.25) is 0 Å². The quantitative estimate of drug-likeness (QED) is 0.672. The number of allylic oxidation sites excluding steroid dienone is 1. The number of aryl methyl sites for hydroxylation is 2. The zero-order valence-corrected chi connectivity index (χ0v) is 12.3. The first-order valence-corrected chi connectivity index (χ1v) is 7.02. The predicted octanol–water partition coefficient (Wildman–Crippen LogP) is 5.15. The van der Waals surface area contributed by atoms with Crippen LogP contribution in [0.25, 0.3) is 22.1 Å². The number of phenolic OH excluding ortho intramolecular Hbond substituents is 1. The summed E-state index contributed by atoms with van der Waals surface area (Å²) in [7, 11) is 0. The van der Waals surface area contributed by atoms with E-state index in [2.05, 4.69) is 12.6 Å². The molecule has 0 atom stereocenters. The SMILES string of the molecule is C=CCc1cc(C)c(O)c(-c2ccc3oc(C)cc3c2)c1. The zero-order valence-electron chi connectivity index (χ0n) is 12.3. The molecular formula is C19H18O2. The Bertz CT molecular complexity index is 825. The van der Waals surface area contributed by atoms with E-state index < -0.39 is 0 Å². The number of aromatic hydroxyl groups is 1. The van der Waals surface area contributed by atoms with Gasteiger partial charge in [-0.2, -0.15) is 0 Å². The molecule has 0 aliphatic heterocycles. The summed E-state index contributed by atoms with van der Waals surface area (Å²) in [6, 6.07) is 12.0. The molecule has 1 N–H and O–H groups in total. The van der Waals surface area contributed by atoms with Gasteiger partial charge in [0.1, 0.15) is 17.1 Å². The van der Waals surface area contributed by atoms with E-state index in [4.69, 9.17) is 4.42 Å². The van der Waals surface area contributed by atoms with Crippen molar-refractivity contribution in [3.63, 3.8) is 0 Å². The minimum atomic E-state index is 0.336. The van der Waals surface area contributed by atoms with Gasteiger partial charge in [0.05, 0.1) is 0 Å². The molecule has 2 nitrogen and oxygen atoms in total. The fraction of sp³-hybridized carbons (Fsp3) is 0.158. The predicted molar refractivity (Wildman–Crippen MR) is 86.7 cm³/mol. The fourth-order valence-corrected chi connectivity index (χ4v) is 2.70. The number of hydrogen-bond donors (Lipinski definition) is 1. The normalized spacial score (nSPS) is 11.0. The van der Waals surface area contributed by atoms with Crippen molar-refractivity contribution in [1.82, 2.24) is 0 Å². The van der Waals surface area contributed by atoms with E-state index in [1.165, 1.54) is 0 Å². The molecule has 0 saturated heterocycles. The van der Waals surface area contributed by atoms with Crippen LogP contribution in [0.5, 0.6) is 5.75 Å². The van der Waals surface area contributed by atoms with E-state index >= 15 is 0 Å². The summed E-state index contributed by atoms with van der Waals surface area (Å²) < 4.78 is 5.60. The molecule has 106 valence electrons. The molecule has 2 heteroatoms. The Morgan fingerprint density at radius 2 is 1.95 bits per heavy atom. The highest BCUT2D eigenvalue weighted by Crippen LogP contribution is 2.35. The number of rotatable bonds is 3. The van der Waals surface area contributed by atoms with Crippen molar-refractivity contribution < 1.29 is 9.52 Å². The van der Waals surface area contributed by atoms with Gasteiger partial charge >= 0.3 is 0 Å². The second kappa shape index (κ2) is 5.13. The molecule has 2 aromatic carbocycles. The molecule has 3 rings (SSSR count). The van der Waals surface area contributed by atoms with Gasteiger partial charge in [0.15, 0.2) is 0 Å². The highest BCUT2D eigenvalue weighted by atomic mass is 16.3. The minimum absolute atomic E-state index is 0.336. The van der Waals surface area contributed by atoms with Gasteiger partial charge in [0.25, 0.3) is 0 Å². The third-order valence-corrected chi connectivity index (χ3v) is 3.69. The first-order chi connectivity index (χ1) is 10.1. The summed E-state index contributed by atoms with van der Waals surface area (Å²) in [5.74, 6) is 1.23. The molecule has 0 bridgehead atoms. The third kappa shape index (κ3) is 2.45. The average molecular weight is 278 g/mol. The van der Waals surface area contributed by atoms with Crippen LogP contribution in [0.3, 0.4) is 0 Å². The van der Waals surface area contributed by atoms with Gasteiger partial charge in [-0.05, 0) is 61.2 Å². The molecule has 0 amide bonds. The van der Waals surface area contributed by atoms with E-state index in [-0.39, 0.29) is 0 Å². The largest absolute Gasteiger partial charge is 0.507 e. The van der Waals surface area contributed by atoms with Gasteiger partial charge in [-0.15, -0.1) is 6.58 Å². The van der Waals surface area contributed by atoms with Crippen LogP contribution < -0.4 is 0 Å². The van der Waals surface area contributed by atoms with Crippen molar-refractivity contribution in [1.29, 1.82) is 0 Å². The Kier molecular flexibility index (Phi) is 3.30. The average Bonchev–Trinajstić information content (AvgIpc) is 2.82. The van der Waals surface area contributed by atoms with Crippen LogP contribution in [0, 0.1) is 13.8 Å². The molecule has 0 unspecified atom stereocenters. The lowest BCUT2D eigenvalue weighted by Crippen LogP contribution is -1.88. The van der Waals surface area contributed by atoms with Crippen molar-refractivity contribution in [2.45, 2.75) is 20.3 Å². The van der Waals surface area contributed by atoms with Crippen LogP contribution in [0.1, 0.15) is 16.9 Å². The molecule has 0 aliphatic carbocycles. The molecule has 0 radical (unpaired) electrons. The molecule has 0 saturated carbocycles. The Morgan fingerprint density at radius 1 is 1.14 bits per heavy atom. The molecule has 0 fully saturated rings. The van der Waals surface area contributed by atoms with Crippen LogP contribution >= 0.6 is 0 Å². The molecule has 1 aromatic heterocycles. The number of fused-ring (bicyclic) bond motifs is 1. The second-order valence-corrected chi connectivity index (χ2v) is 5.41. The van der Waals surface area contributed by atoms with Crippen LogP contribution in [-0.4, -0.2) is 5.11 Å². The summed E-state index contributed by atoms with van der Waals surface area (Å²) >= 11 is 0. The van der Waals surface area contributed by atoms with E-state index in [0.717, 1.165) is 45.4 Å². The standard InChI is InChI=1S/C19H18O2/c1-4-5-14-8-12(2)19(20)17(10-14)15-6-7-18-16(11-15)9-13(3)21-18/h4,6-11,20H,1,5H2,2-3H3. The van der Waals surface area contributed by atoms with Crippen molar-refractivity contribution >= 4 is 11.0 Å². The van der Waals surface area contributed by atoms with Crippen LogP contribution in [0.15, 0.2) is 53.5 Å². The maximum absolute atomic E-state index is 10.4. The first kappa shape index (κ1) is 13.5. The van der Waals surface area contributed by atoms with E-state index in [9.17, 15) is 5.11 Å². The number of phenols is 1. The molecular weight excluding hydrogens is 260 g/mol. The molecule has 1 heterocycles. The minimum Gasteiger partial charge on any atom is -0.507 e. The van der Waals surface area contributed by atoms with E-state index in [0.29, 0.717) is 5.75 Å². The van der Waals surface area contributed by atoms with Crippen molar-refractivity contribution in [3.05, 3.63) is 65.9 Å². The highest BCUT2D eigenvalue weighted by molar-refractivity contribution is 5.85. The van der Waals surface area contributed by atoms with Crippen LogP contribution in [0.4, 0.5) is 0 Å². The number of furan rings is 1. The monoisotopic (exact) mass is 278 g/mol. The third-order valence-electron chi connectivity index (χ3n) is 3.69. The smallest absolute Gasteiger partial charge is 0.134 e. The van der Waals surface area contributed by atoms with Crippen LogP contribution in [-0.2, 0) is 6.42 Å². The Labute approximate surface area is 124 Å². The maximum atomic E-state index is 10.4. The molecule has 21 heavy (non-hydrogen) atoms. The van der Waals surface area contributed by atoms with Gasteiger partial charge in [0, 0.05) is 10.9 Å². The van der Waals surface area contributed by atoms with Gasteiger partial charge in [-0.1, -0.05) is 18.2 Å². The van der Waals surface area contributed by atoms with Crippen LogP contribution in [0.2, 0.25) is 0 Å².